The van der Waals surface area contributed by atoms with Crippen LogP contribution in [0.4, 0.5) is 11.6 Å². The molecular weight excluding hydrogens is 540 g/mol. The van der Waals surface area contributed by atoms with Crippen LogP contribution >= 0.6 is 12.0 Å². The zero-order chi connectivity index (χ0) is 28.0. The highest BCUT2D eigenvalue weighted by molar-refractivity contribution is 7.94. The second-order valence-electron chi connectivity index (χ2n) is 8.75. The molecule has 0 aliphatic rings. The molecule has 1 aromatic heterocycles. The van der Waals surface area contributed by atoms with Crippen LogP contribution in [0.1, 0.15) is 5.56 Å². The number of nitrogens with one attached hydrogen (secondary N) is 1. The fraction of sp³-hybridized carbons (Fsp3) is 0. The molecule has 0 amide bonds. The van der Waals surface area contributed by atoms with Crippen molar-refractivity contribution in [2.75, 3.05) is 5.32 Å². The largest absolute Gasteiger partial charge is 0.424 e. The summed E-state index contributed by atoms with van der Waals surface area (Å²) in [7, 11) is 0. The van der Waals surface area contributed by atoms with Gasteiger partial charge in [-0.05, 0) is 63.5 Å². The van der Waals surface area contributed by atoms with E-state index in [9.17, 15) is 0 Å². The van der Waals surface area contributed by atoms with E-state index in [4.69, 9.17) is 14.7 Å². The third kappa shape index (κ3) is 6.26. The summed E-state index contributed by atoms with van der Waals surface area (Å²) < 4.78 is 16.7. The van der Waals surface area contributed by atoms with E-state index in [0.29, 0.717) is 22.1 Å². The number of benzene rings is 5. The maximum Gasteiger partial charge on any atom is 0.330 e. The van der Waals surface area contributed by atoms with E-state index in [0.717, 1.165) is 39.2 Å². The highest BCUT2D eigenvalue weighted by Gasteiger charge is 2.13. The molecular formula is C31H22N4O5S. The fourth-order valence-electron chi connectivity index (χ4n) is 4.19. The van der Waals surface area contributed by atoms with E-state index < -0.39 is 0 Å². The first-order chi connectivity index (χ1) is 20.2. The molecule has 5 aromatic carbocycles. The van der Waals surface area contributed by atoms with E-state index in [1.54, 1.807) is 12.1 Å². The van der Waals surface area contributed by atoms with Crippen molar-refractivity contribution in [3.63, 3.8) is 0 Å². The van der Waals surface area contributed by atoms with Gasteiger partial charge in [0.2, 0.25) is 5.95 Å². The molecule has 0 unspecified atom stereocenters. The number of hydrogen-bond donors (Lipinski definition) is 2. The number of hydrogen-bond acceptors (Lipinski definition) is 10. The lowest BCUT2D eigenvalue weighted by Crippen LogP contribution is -2.04. The molecule has 0 saturated heterocycles. The minimum Gasteiger partial charge on any atom is -0.424 e. The number of nitrogens with zero attached hydrogens (tertiary/aromatic N) is 3. The molecule has 0 bridgehead atoms. The summed E-state index contributed by atoms with van der Waals surface area (Å²) in [4.78, 5) is 14.0. The van der Waals surface area contributed by atoms with Crippen molar-refractivity contribution >= 4 is 51.3 Å². The highest BCUT2D eigenvalue weighted by Crippen LogP contribution is 2.31. The lowest BCUT2D eigenvalue weighted by molar-refractivity contribution is -0.432. The van der Waals surface area contributed by atoms with Gasteiger partial charge in [0.1, 0.15) is 11.5 Å². The van der Waals surface area contributed by atoms with E-state index in [-0.39, 0.29) is 18.0 Å². The molecule has 0 spiro atoms. The number of fused-ring (bicyclic) bond motifs is 2. The molecule has 0 radical (unpaired) electrons. The lowest BCUT2D eigenvalue weighted by atomic mass is 10.1. The molecule has 0 fully saturated rings. The Balaban J connectivity index is 1.34. The summed E-state index contributed by atoms with van der Waals surface area (Å²) in [6, 6.07) is 32.9. The average molecular weight is 563 g/mol. The fourth-order valence-corrected chi connectivity index (χ4v) is 4.72. The Morgan fingerprint density at radius 1 is 0.683 bits per heavy atom. The SMILES string of the molecule is C=Cc1ccc(Nc2nc(Oc3ccc4ccccc4c3)nc(Oc3ccc4ccccc4c3)n2)cc1SOOO. The number of aromatic nitrogens is 3. The predicted molar refractivity (Wildman–Crippen MR) is 158 cm³/mol. The van der Waals surface area contributed by atoms with Gasteiger partial charge in [0.15, 0.2) is 0 Å². The summed E-state index contributed by atoms with van der Waals surface area (Å²) in [6.45, 7) is 3.80. The van der Waals surface area contributed by atoms with E-state index in [1.807, 2.05) is 97.1 Å². The summed E-state index contributed by atoms with van der Waals surface area (Å²) in [5.74, 6) is 1.31. The molecule has 0 saturated carbocycles. The normalized spacial score (nSPS) is 11.0. The quantitative estimate of drug-likeness (QED) is 0.0957. The summed E-state index contributed by atoms with van der Waals surface area (Å²) in [5, 5.41) is 19.7. The van der Waals surface area contributed by atoms with Crippen molar-refractivity contribution in [2.45, 2.75) is 4.90 Å². The van der Waals surface area contributed by atoms with Gasteiger partial charge in [-0.3, -0.25) is 0 Å². The lowest BCUT2D eigenvalue weighted by Gasteiger charge is -2.12. The molecule has 6 aromatic rings. The monoisotopic (exact) mass is 562 g/mol. The summed E-state index contributed by atoms with van der Waals surface area (Å²) >= 11 is 0.822. The van der Waals surface area contributed by atoms with Crippen LogP contribution in [0.15, 0.2) is 115 Å². The second-order valence-corrected chi connectivity index (χ2v) is 9.50. The van der Waals surface area contributed by atoms with Gasteiger partial charge < -0.3 is 14.8 Å². The van der Waals surface area contributed by atoms with Crippen molar-refractivity contribution in [1.29, 1.82) is 0 Å². The van der Waals surface area contributed by atoms with Crippen LogP contribution in [0.25, 0.3) is 27.6 Å². The van der Waals surface area contributed by atoms with Gasteiger partial charge in [0.05, 0.1) is 12.0 Å². The van der Waals surface area contributed by atoms with Gasteiger partial charge in [-0.1, -0.05) is 84.4 Å². The molecule has 9 nitrogen and oxygen atoms in total. The van der Waals surface area contributed by atoms with Crippen molar-refractivity contribution in [3.8, 4) is 23.5 Å². The minimum absolute atomic E-state index is 0.0443. The molecule has 0 atom stereocenters. The Morgan fingerprint density at radius 2 is 1.27 bits per heavy atom. The van der Waals surface area contributed by atoms with Crippen LogP contribution < -0.4 is 14.8 Å². The Hall–Kier alpha value is -5.00. The molecule has 10 heteroatoms. The van der Waals surface area contributed by atoms with Crippen molar-refractivity contribution in [3.05, 3.63) is 115 Å². The number of rotatable bonds is 10. The van der Waals surface area contributed by atoms with Gasteiger partial charge >= 0.3 is 12.0 Å². The van der Waals surface area contributed by atoms with Crippen molar-refractivity contribution in [1.82, 2.24) is 15.0 Å². The smallest absolute Gasteiger partial charge is 0.330 e. The van der Waals surface area contributed by atoms with Crippen LogP contribution in [0.2, 0.25) is 0 Å². The zero-order valence-electron chi connectivity index (χ0n) is 21.4. The topological polar surface area (TPSA) is 108 Å². The van der Waals surface area contributed by atoms with Crippen LogP contribution in [-0.4, -0.2) is 20.2 Å². The zero-order valence-corrected chi connectivity index (χ0v) is 22.2. The first-order valence-electron chi connectivity index (χ1n) is 12.4. The third-order valence-electron chi connectivity index (χ3n) is 6.10. The van der Waals surface area contributed by atoms with E-state index in [1.165, 1.54) is 0 Å². The van der Waals surface area contributed by atoms with Gasteiger partial charge in [0.25, 0.3) is 0 Å². The number of anilines is 2. The van der Waals surface area contributed by atoms with Crippen LogP contribution in [-0.2, 0) is 9.37 Å². The van der Waals surface area contributed by atoms with E-state index in [2.05, 4.69) is 36.2 Å². The molecule has 1 heterocycles. The van der Waals surface area contributed by atoms with Crippen molar-refractivity contribution in [2.24, 2.45) is 0 Å². The Morgan fingerprint density at radius 3 is 1.83 bits per heavy atom. The molecule has 6 rings (SSSR count). The molecule has 0 aliphatic heterocycles. The standard InChI is InChI=1S/C31H22N4O5S/c1-2-20-11-14-25(19-28(20)41-40-39-36)32-29-33-30(37-26-15-12-21-7-3-5-9-23(21)17-26)35-31(34-29)38-27-16-13-22-8-4-6-10-24(22)18-27/h2-19,36H,1H2,(H,32,33,34,35). The average Bonchev–Trinajstić information content (AvgIpc) is 3.00. The molecule has 2 N–H and O–H groups in total. The first-order valence-corrected chi connectivity index (χ1v) is 13.2. The first kappa shape index (κ1) is 26.2. The molecule has 0 aliphatic carbocycles. The van der Waals surface area contributed by atoms with Crippen LogP contribution in [0, 0.1) is 0 Å². The Bertz CT molecular complexity index is 1770. The minimum atomic E-state index is 0.0443. The Labute approximate surface area is 239 Å². The Kier molecular flexibility index (Phi) is 7.70. The number of ether oxygens (including phenoxy) is 2. The molecule has 202 valence electrons. The van der Waals surface area contributed by atoms with E-state index >= 15 is 0 Å². The third-order valence-corrected chi connectivity index (χ3v) is 6.76. The second kappa shape index (κ2) is 12.0. The molecule has 41 heavy (non-hydrogen) atoms. The van der Waals surface area contributed by atoms with Gasteiger partial charge in [-0.15, -0.1) is 9.32 Å². The summed E-state index contributed by atoms with van der Waals surface area (Å²) in [6.07, 6.45) is 1.65. The van der Waals surface area contributed by atoms with Crippen LogP contribution in [0.3, 0.4) is 0 Å². The maximum atomic E-state index is 8.58. The predicted octanol–water partition coefficient (Wildman–Crippen LogP) is 8.58. The summed E-state index contributed by atoms with van der Waals surface area (Å²) in [5.41, 5.74) is 1.40. The van der Waals surface area contributed by atoms with Crippen LogP contribution in [0.5, 0.6) is 23.5 Å². The highest BCUT2D eigenvalue weighted by atomic mass is 32.2. The van der Waals surface area contributed by atoms with Gasteiger partial charge in [-0.2, -0.15) is 9.97 Å². The maximum absolute atomic E-state index is 8.58. The van der Waals surface area contributed by atoms with Crippen molar-refractivity contribution < 1.29 is 24.1 Å². The van der Waals surface area contributed by atoms with Gasteiger partial charge in [0, 0.05) is 10.6 Å². The van der Waals surface area contributed by atoms with Gasteiger partial charge in [-0.25, -0.2) is 5.26 Å².